The highest BCUT2D eigenvalue weighted by Crippen LogP contribution is 2.27. The Morgan fingerprint density at radius 1 is 1.29 bits per heavy atom. The van der Waals surface area contributed by atoms with Gasteiger partial charge in [0.25, 0.3) is 0 Å². The van der Waals surface area contributed by atoms with Gasteiger partial charge in [-0.15, -0.1) is 22.9 Å². The number of hydrogen-bond donors (Lipinski definition) is 0. The first-order chi connectivity index (χ1) is 8.36. The lowest BCUT2D eigenvalue weighted by atomic mass is 10.0. The lowest BCUT2D eigenvalue weighted by molar-refractivity contribution is 0.728. The molecule has 0 amide bonds. The Hall–Kier alpha value is -1.06. The van der Waals surface area contributed by atoms with E-state index < -0.39 is 0 Å². The zero-order valence-corrected chi connectivity index (χ0v) is 11.0. The summed E-state index contributed by atoms with van der Waals surface area (Å²) in [6.45, 7) is 2.01. The van der Waals surface area contributed by atoms with E-state index in [4.69, 9.17) is 11.6 Å². The van der Waals surface area contributed by atoms with Crippen LogP contribution < -0.4 is 4.90 Å². The van der Waals surface area contributed by atoms with Crippen molar-refractivity contribution in [3.05, 3.63) is 46.5 Å². The Balaban J connectivity index is 1.84. The number of fused-ring (bicyclic) bond motifs is 1. The van der Waals surface area contributed by atoms with E-state index in [0.717, 1.165) is 30.3 Å². The standard InChI is InChI=1S/C13H13ClN2S/c14-7-12-9-17-13(15-12)16-6-5-10-3-1-2-4-11(10)8-16/h1-4,9H,5-8H2. The lowest BCUT2D eigenvalue weighted by Gasteiger charge is -2.28. The smallest absolute Gasteiger partial charge is 0.185 e. The first kappa shape index (κ1) is 11.1. The number of hydrogen-bond acceptors (Lipinski definition) is 3. The van der Waals surface area contributed by atoms with Crippen LogP contribution in [0.2, 0.25) is 0 Å². The van der Waals surface area contributed by atoms with Gasteiger partial charge in [-0.05, 0) is 17.5 Å². The monoisotopic (exact) mass is 264 g/mol. The SMILES string of the molecule is ClCc1csc(N2CCc3ccccc3C2)n1. The molecule has 0 radical (unpaired) electrons. The molecule has 2 heterocycles. The van der Waals surface area contributed by atoms with Gasteiger partial charge in [0, 0.05) is 18.5 Å². The number of anilines is 1. The van der Waals surface area contributed by atoms with Crippen LogP contribution in [-0.2, 0) is 18.8 Å². The van der Waals surface area contributed by atoms with Gasteiger partial charge in [-0.1, -0.05) is 24.3 Å². The molecule has 1 aliphatic heterocycles. The molecule has 1 aromatic carbocycles. The fourth-order valence-electron chi connectivity index (χ4n) is 2.16. The van der Waals surface area contributed by atoms with Gasteiger partial charge in [0.1, 0.15) is 0 Å². The number of nitrogens with zero attached hydrogens (tertiary/aromatic N) is 2. The largest absolute Gasteiger partial charge is 0.343 e. The van der Waals surface area contributed by atoms with Gasteiger partial charge >= 0.3 is 0 Å². The van der Waals surface area contributed by atoms with Gasteiger partial charge in [0.15, 0.2) is 5.13 Å². The third kappa shape index (κ3) is 2.17. The van der Waals surface area contributed by atoms with Gasteiger partial charge in [0.05, 0.1) is 11.6 Å². The van der Waals surface area contributed by atoms with Crippen molar-refractivity contribution in [2.45, 2.75) is 18.8 Å². The van der Waals surface area contributed by atoms with Gasteiger partial charge in [-0.25, -0.2) is 4.98 Å². The Morgan fingerprint density at radius 3 is 2.88 bits per heavy atom. The molecule has 2 aromatic rings. The molecule has 1 aliphatic rings. The van der Waals surface area contributed by atoms with E-state index in [1.165, 1.54) is 11.1 Å². The van der Waals surface area contributed by atoms with Gasteiger partial charge in [-0.3, -0.25) is 0 Å². The van der Waals surface area contributed by atoms with Gasteiger partial charge < -0.3 is 4.90 Å². The van der Waals surface area contributed by atoms with Crippen LogP contribution in [0.5, 0.6) is 0 Å². The van der Waals surface area contributed by atoms with Crippen molar-refractivity contribution >= 4 is 28.1 Å². The minimum Gasteiger partial charge on any atom is -0.343 e. The zero-order chi connectivity index (χ0) is 11.7. The average molecular weight is 265 g/mol. The number of rotatable bonds is 2. The fraction of sp³-hybridized carbons (Fsp3) is 0.308. The molecule has 0 bridgehead atoms. The molecule has 2 nitrogen and oxygen atoms in total. The normalized spacial score (nSPS) is 14.8. The molecule has 0 saturated heterocycles. The van der Waals surface area contributed by atoms with E-state index in [1.807, 2.05) is 5.38 Å². The molecule has 0 unspecified atom stereocenters. The predicted octanol–water partition coefficient (Wildman–Crippen LogP) is 3.44. The molecule has 0 N–H and O–H groups in total. The van der Waals surface area contributed by atoms with E-state index in [-0.39, 0.29) is 0 Å². The van der Waals surface area contributed by atoms with E-state index >= 15 is 0 Å². The molecular weight excluding hydrogens is 252 g/mol. The van der Waals surface area contributed by atoms with E-state index in [1.54, 1.807) is 11.3 Å². The maximum Gasteiger partial charge on any atom is 0.185 e. The minimum atomic E-state index is 0.501. The summed E-state index contributed by atoms with van der Waals surface area (Å²) < 4.78 is 0. The molecule has 1 aromatic heterocycles. The summed E-state index contributed by atoms with van der Waals surface area (Å²) in [7, 11) is 0. The van der Waals surface area contributed by atoms with Crippen LogP contribution in [0.3, 0.4) is 0 Å². The van der Waals surface area contributed by atoms with Crippen LogP contribution in [0.15, 0.2) is 29.6 Å². The molecule has 0 aliphatic carbocycles. The van der Waals surface area contributed by atoms with Gasteiger partial charge in [-0.2, -0.15) is 0 Å². The summed E-state index contributed by atoms with van der Waals surface area (Å²) >= 11 is 7.47. The number of benzene rings is 1. The Labute approximate surface area is 110 Å². The predicted molar refractivity (Wildman–Crippen MR) is 72.9 cm³/mol. The summed E-state index contributed by atoms with van der Waals surface area (Å²) in [4.78, 5) is 6.87. The van der Waals surface area contributed by atoms with Crippen molar-refractivity contribution in [2.75, 3.05) is 11.4 Å². The molecule has 0 atom stereocenters. The third-order valence-corrected chi connectivity index (χ3v) is 4.30. The van der Waals surface area contributed by atoms with Crippen LogP contribution >= 0.6 is 22.9 Å². The summed E-state index contributed by atoms with van der Waals surface area (Å²) in [6, 6.07) is 8.65. The van der Waals surface area contributed by atoms with Crippen LogP contribution in [0.4, 0.5) is 5.13 Å². The first-order valence-corrected chi connectivity index (χ1v) is 7.10. The summed E-state index contributed by atoms with van der Waals surface area (Å²) in [6.07, 6.45) is 1.10. The number of alkyl halides is 1. The van der Waals surface area contributed by atoms with Crippen molar-refractivity contribution in [3.8, 4) is 0 Å². The molecule has 3 rings (SSSR count). The second-order valence-electron chi connectivity index (χ2n) is 4.20. The lowest BCUT2D eigenvalue weighted by Crippen LogP contribution is -2.30. The topological polar surface area (TPSA) is 16.1 Å². The third-order valence-electron chi connectivity index (χ3n) is 3.08. The maximum atomic E-state index is 5.79. The zero-order valence-electron chi connectivity index (χ0n) is 9.40. The Morgan fingerprint density at radius 2 is 2.12 bits per heavy atom. The first-order valence-electron chi connectivity index (χ1n) is 5.69. The molecule has 88 valence electrons. The number of thiazole rings is 1. The molecule has 0 fully saturated rings. The van der Waals surface area contributed by atoms with Crippen molar-refractivity contribution < 1.29 is 0 Å². The Kier molecular flexibility index (Phi) is 3.04. The van der Waals surface area contributed by atoms with Crippen molar-refractivity contribution in [1.82, 2.24) is 4.98 Å². The fourth-order valence-corrected chi connectivity index (χ4v) is 3.24. The Bertz CT molecular complexity index is 524. The quantitative estimate of drug-likeness (QED) is 0.773. The molecular formula is C13H13ClN2S. The molecule has 4 heteroatoms. The number of halogens is 1. The van der Waals surface area contributed by atoms with Crippen molar-refractivity contribution in [3.63, 3.8) is 0 Å². The second-order valence-corrected chi connectivity index (χ2v) is 5.30. The van der Waals surface area contributed by atoms with E-state index in [2.05, 4.69) is 34.1 Å². The highest BCUT2D eigenvalue weighted by atomic mass is 35.5. The van der Waals surface area contributed by atoms with Crippen LogP contribution in [0.25, 0.3) is 0 Å². The van der Waals surface area contributed by atoms with E-state index in [0.29, 0.717) is 5.88 Å². The average Bonchev–Trinajstić information content (AvgIpc) is 2.87. The van der Waals surface area contributed by atoms with Crippen LogP contribution in [-0.4, -0.2) is 11.5 Å². The molecule has 0 saturated carbocycles. The minimum absolute atomic E-state index is 0.501. The molecule has 0 spiro atoms. The van der Waals surface area contributed by atoms with E-state index in [9.17, 15) is 0 Å². The number of aromatic nitrogens is 1. The molecule has 17 heavy (non-hydrogen) atoms. The van der Waals surface area contributed by atoms with Crippen molar-refractivity contribution in [1.29, 1.82) is 0 Å². The summed E-state index contributed by atoms with van der Waals surface area (Å²) in [5, 5.41) is 3.14. The highest BCUT2D eigenvalue weighted by molar-refractivity contribution is 7.13. The van der Waals surface area contributed by atoms with Crippen LogP contribution in [0.1, 0.15) is 16.8 Å². The summed E-state index contributed by atoms with van der Waals surface area (Å²) in [5.41, 5.74) is 3.87. The van der Waals surface area contributed by atoms with Crippen molar-refractivity contribution in [2.24, 2.45) is 0 Å². The second kappa shape index (κ2) is 4.67. The van der Waals surface area contributed by atoms with Gasteiger partial charge in [0.2, 0.25) is 0 Å². The maximum absolute atomic E-state index is 5.79. The highest BCUT2D eigenvalue weighted by Gasteiger charge is 2.18. The summed E-state index contributed by atoms with van der Waals surface area (Å²) in [5.74, 6) is 0.501. The van der Waals surface area contributed by atoms with Crippen LogP contribution in [0, 0.1) is 0 Å².